The number of methoxy groups -OCH3 is 2. The maximum absolute atomic E-state index is 13.6. The highest BCUT2D eigenvalue weighted by atomic mass is 19.3. The fourth-order valence-electron chi connectivity index (χ4n) is 1.32. The maximum Gasteiger partial charge on any atom is 0.349 e. The SMILES string of the molecule is CNC(=O)C(F)(F)c1ccc(OC)c(OC)c1. The van der Waals surface area contributed by atoms with Crippen molar-refractivity contribution in [3.8, 4) is 11.5 Å². The summed E-state index contributed by atoms with van der Waals surface area (Å²) in [6.45, 7) is 0. The van der Waals surface area contributed by atoms with Crippen LogP contribution in [0.3, 0.4) is 0 Å². The average Bonchev–Trinajstić information content (AvgIpc) is 2.36. The number of amides is 1. The van der Waals surface area contributed by atoms with Crippen LogP contribution in [0, 0.1) is 0 Å². The molecule has 0 fully saturated rings. The van der Waals surface area contributed by atoms with Crippen LogP contribution in [-0.4, -0.2) is 27.2 Å². The van der Waals surface area contributed by atoms with Gasteiger partial charge in [0, 0.05) is 12.6 Å². The molecule has 94 valence electrons. The third-order valence-electron chi connectivity index (χ3n) is 2.26. The molecule has 0 spiro atoms. The summed E-state index contributed by atoms with van der Waals surface area (Å²) in [6.07, 6.45) is 0. The number of hydrogen-bond acceptors (Lipinski definition) is 3. The van der Waals surface area contributed by atoms with Crippen molar-refractivity contribution in [3.63, 3.8) is 0 Å². The van der Waals surface area contributed by atoms with Crippen LogP contribution in [-0.2, 0) is 10.7 Å². The van der Waals surface area contributed by atoms with E-state index in [9.17, 15) is 13.6 Å². The Morgan fingerprint density at radius 3 is 2.29 bits per heavy atom. The molecule has 4 nitrogen and oxygen atoms in total. The summed E-state index contributed by atoms with van der Waals surface area (Å²) in [5.74, 6) is -4.50. The second kappa shape index (κ2) is 4.99. The van der Waals surface area contributed by atoms with Gasteiger partial charge in [-0.2, -0.15) is 8.78 Å². The van der Waals surface area contributed by atoms with Crippen molar-refractivity contribution < 1.29 is 23.0 Å². The molecular formula is C11H13F2NO3. The number of alkyl halides is 2. The number of carbonyl (C=O) groups excluding carboxylic acids is 1. The Labute approximate surface area is 97.5 Å². The quantitative estimate of drug-likeness (QED) is 0.875. The third kappa shape index (κ3) is 2.46. The second-order valence-corrected chi connectivity index (χ2v) is 3.22. The van der Waals surface area contributed by atoms with Gasteiger partial charge in [0.1, 0.15) is 0 Å². The van der Waals surface area contributed by atoms with Crippen molar-refractivity contribution in [2.75, 3.05) is 21.3 Å². The standard InChI is InChI=1S/C11H13F2NO3/c1-14-10(15)11(12,13)7-4-5-8(16-2)9(6-7)17-3/h4-6H,1-3H3,(H,14,15). The summed E-state index contributed by atoms with van der Waals surface area (Å²) in [5, 5.41) is 1.91. The van der Waals surface area contributed by atoms with Crippen LogP contribution in [0.5, 0.6) is 11.5 Å². The molecule has 0 aliphatic carbocycles. The number of benzene rings is 1. The van der Waals surface area contributed by atoms with E-state index in [1.165, 1.54) is 20.3 Å². The topological polar surface area (TPSA) is 47.6 Å². The van der Waals surface area contributed by atoms with Crippen LogP contribution in [0.15, 0.2) is 18.2 Å². The smallest absolute Gasteiger partial charge is 0.349 e. The number of ether oxygens (including phenoxy) is 2. The molecule has 0 heterocycles. The molecule has 0 bridgehead atoms. The van der Waals surface area contributed by atoms with Gasteiger partial charge in [0.15, 0.2) is 11.5 Å². The molecule has 0 atom stereocenters. The third-order valence-corrected chi connectivity index (χ3v) is 2.26. The van der Waals surface area contributed by atoms with E-state index in [1.54, 1.807) is 0 Å². The maximum atomic E-state index is 13.6. The molecule has 0 unspecified atom stereocenters. The van der Waals surface area contributed by atoms with E-state index in [1.807, 2.05) is 5.32 Å². The summed E-state index contributed by atoms with van der Waals surface area (Å²) in [6, 6.07) is 3.52. The van der Waals surface area contributed by atoms with Crippen molar-refractivity contribution in [1.29, 1.82) is 0 Å². The first-order valence-electron chi connectivity index (χ1n) is 4.79. The highest BCUT2D eigenvalue weighted by Gasteiger charge is 2.40. The minimum absolute atomic E-state index is 0.147. The largest absolute Gasteiger partial charge is 0.493 e. The summed E-state index contributed by atoms with van der Waals surface area (Å²) in [5.41, 5.74) is -0.450. The molecule has 1 aromatic carbocycles. The second-order valence-electron chi connectivity index (χ2n) is 3.22. The molecule has 1 aromatic rings. The lowest BCUT2D eigenvalue weighted by atomic mass is 10.1. The van der Waals surface area contributed by atoms with E-state index >= 15 is 0 Å². The number of nitrogens with one attached hydrogen (secondary N) is 1. The molecule has 1 amide bonds. The van der Waals surface area contributed by atoms with Crippen LogP contribution in [0.4, 0.5) is 8.78 Å². The molecular weight excluding hydrogens is 232 g/mol. The van der Waals surface area contributed by atoms with Gasteiger partial charge >= 0.3 is 5.92 Å². The van der Waals surface area contributed by atoms with Gasteiger partial charge in [0.25, 0.3) is 5.91 Å². The zero-order valence-electron chi connectivity index (χ0n) is 9.71. The highest BCUT2D eigenvalue weighted by molar-refractivity contribution is 5.84. The van der Waals surface area contributed by atoms with E-state index in [0.29, 0.717) is 5.75 Å². The molecule has 6 heteroatoms. The zero-order chi connectivity index (χ0) is 13.1. The van der Waals surface area contributed by atoms with E-state index in [4.69, 9.17) is 9.47 Å². The number of rotatable bonds is 4. The summed E-state index contributed by atoms with van der Waals surface area (Å²) >= 11 is 0. The normalized spacial score (nSPS) is 10.9. The average molecular weight is 245 g/mol. The van der Waals surface area contributed by atoms with E-state index in [2.05, 4.69) is 0 Å². The van der Waals surface area contributed by atoms with Crippen LogP contribution in [0.1, 0.15) is 5.56 Å². The predicted molar refractivity (Wildman–Crippen MR) is 57.5 cm³/mol. The predicted octanol–water partition coefficient (Wildman–Crippen LogP) is 1.54. The van der Waals surface area contributed by atoms with Crippen LogP contribution in [0.2, 0.25) is 0 Å². The highest BCUT2D eigenvalue weighted by Crippen LogP contribution is 2.35. The Morgan fingerprint density at radius 1 is 1.24 bits per heavy atom. The molecule has 1 rings (SSSR count). The first-order chi connectivity index (χ1) is 7.97. The molecule has 0 saturated heterocycles. The van der Waals surface area contributed by atoms with Gasteiger partial charge in [-0.3, -0.25) is 4.79 Å². The molecule has 0 aliphatic heterocycles. The number of carbonyl (C=O) groups is 1. The number of likely N-dealkylation sites (N-methyl/N-ethyl adjacent to an activating group) is 1. The van der Waals surface area contributed by atoms with Crippen molar-refractivity contribution >= 4 is 5.91 Å². The van der Waals surface area contributed by atoms with Crippen LogP contribution >= 0.6 is 0 Å². The van der Waals surface area contributed by atoms with E-state index in [0.717, 1.165) is 19.2 Å². The fraction of sp³-hybridized carbons (Fsp3) is 0.364. The van der Waals surface area contributed by atoms with Crippen LogP contribution in [0.25, 0.3) is 0 Å². The summed E-state index contributed by atoms with van der Waals surface area (Å²) < 4.78 is 37.0. The van der Waals surface area contributed by atoms with E-state index in [-0.39, 0.29) is 5.75 Å². The Kier molecular flexibility index (Phi) is 3.88. The molecule has 0 radical (unpaired) electrons. The van der Waals surface area contributed by atoms with Gasteiger partial charge in [-0.1, -0.05) is 0 Å². The van der Waals surface area contributed by atoms with Gasteiger partial charge in [-0.15, -0.1) is 0 Å². The molecule has 0 aromatic heterocycles. The number of hydrogen-bond donors (Lipinski definition) is 1. The summed E-state index contributed by atoms with van der Waals surface area (Å²) in [7, 11) is 3.88. The zero-order valence-corrected chi connectivity index (χ0v) is 9.71. The Balaban J connectivity index is 3.19. The molecule has 0 aliphatic rings. The van der Waals surface area contributed by atoms with Gasteiger partial charge in [-0.25, -0.2) is 0 Å². The minimum atomic E-state index is -3.60. The van der Waals surface area contributed by atoms with Gasteiger partial charge in [0.05, 0.1) is 14.2 Å². The fourth-order valence-corrected chi connectivity index (χ4v) is 1.32. The lowest BCUT2D eigenvalue weighted by molar-refractivity contribution is -0.146. The molecule has 0 saturated carbocycles. The summed E-state index contributed by atoms with van der Waals surface area (Å²) in [4.78, 5) is 11.1. The Morgan fingerprint density at radius 2 is 1.82 bits per heavy atom. The van der Waals surface area contributed by atoms with E-state index < -0.39 is 17.4 Å². The molecule has 1 N–H and O–H groups in total. The number of halogens is 2. The van der Waals surface area contributed by atoms with Crippen molar-refractivity contribution in [2.45, 2.75) is 5.92 Å². The lowest BCUT2D eigenvalue weighted by Gasteiger charge is -2.16. The first-order valence-corrected chi connectivity index (χ1v) is 4.79. The van der Waals surface area contributed by atoms with Crippen molar-refractivity contribution in [3.05, 3.63) is 23.8 Å². The van der Waals surface area contributed by atoms with Gasteiger partial charge in [0.2, 0.25) is 0 Å². The monoisotopic (exact) mass is 245 g/mol. The minimum Gasteiger partial charge on any atom is -0.493 e. The molecule has 17 heavy (non-hydrogen) atoms. The Bertz CT molecular complexity index is 421. The van der Waals surface area contributed by atoms with Crippen molar-refractivity contribution in [1.82, 2.24) is 5.32 Å². The lowest BCUT2D eigenvalue weighted by Crippen LogP contribution is -2.35. The van der Waals surface area contributed by atoms with Crippen LogP contribution < -0.4 is 14.8 Å². The van der Waals surface area contributed by atoms with Gasteiger partial charge in [-0.05, 0) is 18.2 Å². The van der Waals surface area contributed by atoms with Crippen molar-refractivity contribution in [2.24, 2.45) is 0 Å². The van der Waals surface area contributed by atoms with Gasteiger partial charge < -0.3 is 14.8 Å². The first kappa shape index (κ1) is 13.2. The Hall–Kier alpha value is -1.85.